The molecule has 1 aromatic carbocycles. The molecule has 1 N–H and O–H groups in total. The summed E-state index contributed by atoms with van der Waals surface area (Å²) in [4.78, 5) is 12.9. The first-order valence-electron chi connectivity index (χ1n) is 5.68. The van der Waals surface area contributed by atoms with Gasteiger partial charge in [-0.25, -0.2) is 0 Å². The van der Waals surface area contributed by atoms with Crippen molar-refractivity contribution < 1.29 is 14.4 Å². The van der Waals surface area contributed by atoms with Crippen LogP contribution < -0.4 is 4.90 Å². The minimum absolute atomic E-state index is 0.316. The first-order valence-corrected chi connectivity index (χ1v) is 6.47. The van der Waals surface area contributed by atoms with E-state index in [9.17, 15) is 4.79 Å². The fraction of sp³-hybridized carbons (Fsp3) is 0.333. The molecular formula is C12H11BrN2O3. The number of carboxylic acid groups (broad SMARTS) is 1. The SMILES string of the molecule is O=C(O)C1CCN(c2noc3ccc(Br)cc23)C1. The average Bonchev–Trinajstić information content (AvgIpc) is 2.93. The fourth-order valence-corrected chi connectivity index (χ4v) is 2.64. The normalized spacial score (nSPS) is 19.6. The highest BCUT2D eigenvalue weighted by Gasteiger charge is 2.30. The van der Waals surface area contributed by atoms with Gasteiger partial charge >= 0.3 is 5.97 Å². The molecule has 1 atom stereocenters. The van der Waals surface area contributed by atoms with Gasteiger partial charge in [-0.1, -0.05) is 21.1 Å². The van der Waals surface area contributed by atoms with Gasteiger partial charge in [-0.05, 0) is 24.6 Å². The van der Waals surface area contributed by atoms with Gasteiger partial charge in [0.25, 0.3) is 0 Å². The van der Waals surface area contributed by atoms with Gasteiger partial charge in [0.05, 0.1) is 11.3 Å². The second-order valence-corrected chi connectivity index (χ2v) is 5.33. The van der Waals surface area contributed by atoms with E-state index in [1.807, 2.05) is 23.1 Å². The lowest BCUT2D eigenvalue weighted by Crippen LogP contribution is -2.22. The summed E-state index contributed by atoms with van der Waals surface area (Å²) < 4.78 is 6.20. The molecule has 1 unspecified atom stereocenters. The van der Waals surface area contributed by atoms with Crippen molar-refractivity contribution in [3.8, 4) is 0 Å². The van der Waals surface area contributed by atoms with E-state index in [0.717, 1.165) is 15.7 Å². The van der Waals surface area contributed by atoms with E-state index in [1.54, 1.807) is 0 Å². The number of rotatable bonds is 2. The van der Waals surface area contributed by atoms with Gasteiger partial charge in [-0.15, -0.1) is 0 Å². The maximum atomic E-state index is 11.0. The molecule has 0 aliphatic carbocycles. The Hall–Kier alpha value is -1.56. The van der Waals surface area contributed by atoms with E-state index in [2.05, 4.69) is 21.1 Å². The first kappa shape index (κ1) is 11.5. The molecule has 5 nitrogen and oxygen atoms in total. The average molecular weight is 311 g/mol. The van der Waals surface area contributed by atoms with Gasteiger partial charge in [-0.2, -0.15) is 0 Å². The molecule has 0 amide bonds. The van der Waals surface area contributed by atoms with E-state index in [0.29, 0.717) is 25.1 Å². The Balaban J connectivity index is 1.95. The number of nitrogens with zero attached hydrogens (tertiary/aromatic N) is 2. The van der Waals surface area contributed by atoms with Crippen molar-refractivity contribution in [2.24, 2.45) is 5.92 Å². The van der Waals surface area contributed by atoms with Crippen molar-refractivity contribution in [1.29, 1.82) is 0 Å². The van der Waals surface area contributed by atoms with Crippen LogP contribution in [0.1, 0.15) is 6.42 Å². The van der Waals surface area contributed by atoms with Crippen LogP contribution in [-0.2, 0) is 4.79 Å². The molecule has 1 fully saturated rings. The summed E-state index contributed by atoms with van der Waals surface area (Å²) in [5, 5.41) is 14.0. The van der Waals surface area contributed by atoms with Crippen molar-refractivity contribution in [1.82, 2.24) is 5.16 Å². The van der Waals surface area contributed by atoms with Crippen molar-refractivity contribution in [3.05, 3.63) is 22.7 Å². The zero-order valence-electron chi connectivity index (χ0n) is 9.47. The van der Waals surface area contributed by atoms with Crippen LogP contribution in [0, 0.1) is 5.92 Å². The van der Waals surface area contributed by atoms with Crippen LogP contribution in [0.15, 0.2) is 27.2 Å². The quantitative estimate of drug-likeness (QED) is 0.923. The molecule has 0 saturated carbocycles. The highest BCUT2D eigenvalue weighted by atomic mass is 79.9. The molecule has 18 heavy (non-hydrogen) atoms. The molecule has 2 heterocycles. The summed E-state index contributed by atoms with van der Waals surface area (Å²) in [6.07, 6.45) is 0.650. The molecular weight excluding hydrogens is 300 g/mol. The lowest BCUT2D eigenvalue weighted by Gasteiger charge is -2.13. The van der Waals surface area contributed by atoms with Gasteiger partial charge in [0.15, 0.2) is 11.4 Å². The Morgan fingerprint density at radius 1 is 1.56 bits per heavy atom. The number of hydrogen-bond acceptors (Lipinski definition) is 4. The van der Waals surface area contributed by atoms with Crippen molar-refractivity contribution in [3.63, 3.8) is 0 Å². The molecule has 0 radical (unpaired) electrons. The van der Waals surface area contributed by atoms with Crippen molar-refractivity contribution in [2.45, 2.75) is 6.42 Å². The first-order chi connectivity index (χ1) is 8.65. The number of carbonyl (C=O) groups is 1. The van der Waals surface area contributed by atoms with Crippen molar-refractivity contribution in [2.75, 3.05) is 18.0 Å². The predicted octanol–water partition coefficient (Wildman–Crippen LogP) is 2.50. The van der Waals surface area contributed by atoms with Gasteiger partial charge in [0.1, 0.15) is 0 Å². The monoisotopic (exact) mass is 310 g/mol. The summed E-state index contributed by atoms with van der Waals surface area (Å²) >= 11 is 3.41. The molecule has 1 aliphatic rings. The number of carboxylic acids is 1. The summed E-state index contributed by atoms with van der Waals surface area (Å²) in [7, 11) is 0. The van der Waals surface area contributed by atoms with Gasteiger partial charge in [-0.3, -0.25) is 4.79 Å². The number of benzene rings is 1. The van der Waals surface area contributed by atoms with Gasteiger partial charge in [0, 0.05) is 17.6 Å². The third kappa shape index (κ3) is 1.86. The van der Waals surface area contributed by atoms with Gasteiger partial charge in [0.2, 0.25) is 0 Å². The number of aliphatic carboxylic acids is 1. The molecule has 6 heteroatoms. The van der Waals surface area contributed by atoms with E-state index in [1.165, 1.54) is 0 Å². The molecule has 0 spiro atoms. The van der Waals surface area contributed by atoms with Crippen LogP contribution in [0.3, 0.4) is 0 Å². The maximum absolute atomic E-state index is 11.0. The molecule has 94 valence electrons. The van der Waals surface area contributed by atoms with E-state index < -0.39 is 5.97 Å². The lowest BCUT2D eigenvalue weighted by molar-refractivity contribution is -0.140. The molecule has 0 bridgehead atoms. The van der Waals surface area contributed by atoms with Crippen LogP contribution >= 0.6 is 15.9 Å². The molecule has 1 saturated heterocycles. The smallest absolute Gasteiger partial charge is 0.308 e. The summed E-state index contributed by atoms with van der Waals surface area (Å²) in [5.74, 6) is -0.328. The Morgan fingerprint density at radius 3 is 3.11 bits per heavy atom. The number of hydrogen-bond donors (Lipinski definition) is 1. The largest absolute Gasteiger partial charge is 0.481 e. The zero-order valence-corrected chi connectivity index (χ0v) is 11.1. The summed E-state index contributed by atoms with van der Waals surface area (Å²) in [6.45, 7) is 1.19. The van der Waals surface area contributed by atoms with E-state index >= 15 is 0 Å². The Kier molecular flexibility index (Phi) is 2.74. The Morgan fingerprint density at radius 2 is 2.39 bits per heavy atom. The number of anilines is 1. The number of fused-ring (bicyclic) bond motifs is 1. The Bertz CT molecular complexity index is 610. The maximum Gasteiger partial charge on any atom is 0.308 e. The van der Waals surface area contributed by atoms with E-state index in [-0.39, 0.29) is 5.92 Å². The second kappa shape index (κ2) is 4.28. The van der Waals surface area contributed by atoms with Crippen LogP contribution in [0.4, 0.5) is 5.82 Å². The highest BCUT2D eigenvalue weighted by Crippen LogP contribution is 2.31. The van der Waals surface area contributed by atoms with Gasteiger partial charge < -0.3 is 14.5 Å². The third-order valence-electron chi connectivity index (χ3n) is 3.25. The molecule has 1 aromatic heterocycles. The number of aromatic nitrogens is 1. The molecule has 3 rings (SSSR count). The fourth-order valence-electron chi connectivity index (χ4n) is 2.28. The Labute approximate surface area is 111 Å². The zero-order chi connectivity index (χ0) is 12.7. The van der Waals surface area contributed by atoms with Crippen LogP contribution in [0.25, 0.3) is 11.0 Å². The molecule has 2 aromatic rings. The van der Waals surface area contributed by atoms with Crippen LogP contribution in [-0.4, -0.2) is 29.3 Å². The summed E-state index contributed by atoms with van der Waals surface area (Å²) in [6, 6.07) is 5.68. The second-order valence-electron chi connectivity index (χ2n) is 4.42. The highest BCUT2D eigenvalue weighted by molar-refractivity contribution is 9.10. The standard InChI is InChI=1S/C12H11BrN2O3/c13-8-1-2-10-9(5-8)11(14-18-10)15-4-3-7(6-15)12(16)17/h1-2,5,7H,3-4,6H2,(H,16,17). The number of halogens is 1. The minimum Gasteiger partial charge on any atom is -0.481 e. The third-order valence-corrected chi connectivity index (χ3v) is 3.74. The summed E-state index contributed by atoms with van der Waals surface area (Å²) in [5.41, 5.74) is 0.715. The lowest BCUT2D eigenvalue weighted by atomic mass is 10.1. The van der Waals surface area contributed by atoms with Crippen LogP contribution in [0.5, 0.6) is 0 Å². The molecule has 1 aliphatic heterocycles. The van der Waals surface area contributed by atoms with Crippen molar-refractivity contribution >= 4 is 38.7 Å². The van der Waals surface area contributed by atoms with E-state index in [4.69, 9.17) is 9.63 Å². The minimum atomic E-state index is -0.744. The topological polar surface area (TPSA) is 66.6 Å². The van der Waals surface area contributed by atoms with Crippen LogP contribution in [0.2, 0.25) is 0 Å². The predicted molar refractivity (Wildman–Crippen MR) is 69.7 cm³/mol.